The monoisotopic (exact) mass is 370 g/mol. The lowest BCUT2D eigenvalue weighted by molar-refractivity contribution is -0.155. The molecule has 2 aromatic rings. The molecule has 7 heteroatoms. The van der Waals surface area contributed by atoms with E-state index in [2.05, 4.69) is 5.10 Å². The Morgan fingerprint density at radius 1 is 1.26 bits per heavy atom. The minimum Gasteiger partial charge on any atom is -0.497 e. The van der Waals surface area contributed by atoms with Crippen LogP contribution in [0, 0.1) is 5.92 Å². The van der Waals surface area contributed by atoms with Crippen molar-refractivity contribution >= 4 is 17.6 Å². The quantitative estimate of drug-likeness (QED) is 0.730. The number of amides is 1. The van der Waals surface area contributed by atoms with Crippen LogP contribution in [0.3, 0.4) is 0 Å². The Morgan fingerprint density at radius 2 is 2.00 bits per heavy atom. The molecule has 0 unspecified atom stereocenters. The summed E-state index contributed by atoms with van der Waals surface area (Å²) in [6, 6.07) is 10.7. The molecule has 1 aliphatic rings. The van der Waals surface area contributed by atoms with Crippen molar-refractivity contribution in [3.8, 4) is 5.75 Å². The Labute approximate surface area is 157 Å². The summed E-state index contributed by atoms with van der Waals surface area (Å²) in [7, 11) is 1.61. The first kappa shape index (κ1) is 18.7. The predicted molar refractivity (Wildman–Crippen MR) is 98.2 cm³/mol. The van der Waals surface area contributed by atoms with Crippen molar-refractivity contribution < 1.29 is 23.5 Å². The first-order valence-electron chi connectivity index (χ1n) is 8.73. The molecule has 1 amide bonds. The maximum Gasteiger partial charge on any atom is 0.308 e. The van der Waals surface area contributed by atoms with Gasteiger partial charge >= 0.3 is 5.97 Å². The Kier molecular flexibility index (Phi) is 5.59. The number of carbonyl (C=O) groups is 2. The number of hydrogen-bond donors (Lipinski definition) is 0. The minimum absolute atomic E-state index is 0.296. The Hall–Kier alpha value is -3.09. The largest absolute Gasteiger partial charge is 0.497 e. The molecule has 27 heavy (non-hydrogen) atoms. The van der Waals surface area contributed by atoms with E-state index in [-0.39, 0.29) is 18.6 Å². The first-order valence-corrected chi connectivity index (χ1v) is 8.73. The van der Waals surface area contributed by atoms with Crippen LogP contribution in [0.15, 0.2) is 52.2 Å². The van der Waals surface area contributed by atoms with Gasteiger partial charge in [0.25, 0.3) is 5.91 Å². The van der Waals surface area contributed by atoms with E-state index in [0.29, 0.717) is 12.2 Å². The minimum atomic E-state index is -0.420. The van der Waals surface area contributed by atoms with E-state index >= 15 is 0 Å². The van der Waals surface area contributed by atoms with Gasteiger partial charge in [0.15, 0.2) is 6.61 Å². The number of carbonyl (C=O) groups excluding carboxylic acids is 2. The Balaban J connectivity index is 1.81. The topological polar surface area (TPSA) is 81.3 Å². The van der Waals surface area contributed by atoms with E-state index in [1.165, 1.54) is 5.01 Å². The standard InChI is InChI=1S/C20H22N2O5/c1-13(2)20(24)27-12-19(23)22-17(18-5-4-10-26-18)11-16(21-22)14-6-8-15(25-3)9-7-14/h4-10,13,17H,11-12H2,1-3H3/t17-/m1/s1. The summed E-state index contributed by atoms with van der Waals surface area (Å²) < 4.78 is 15.7. The molecule has 0 aliphatic carbocycles. The molecule has 7 nitrogen and oxygen atoms in total. The van der Waals surface area contributed by atoms with Gasteiger partial charge in [0.2, 0.25) is 0 Å². The van der Waals surface area contributed by atoms with Crippen LogP contribution >= 0.6 is 0 Å². The number of nitrogens with zero attached hydrogens (tertiary/aromatic N) is 2. The lowest BCUT2D eigenvalue weighted by Crippen LogP contribution is -2.31. The highest BCUT2D eigenvalue weighted by Gasteiger charge is 2.35. The average molecular weight is 370 g/mol. The third-order valence-electron chi connectivity index (χ3n) is 4.27. The maximum atomic E-state index is 12.6. The van der Waals surface area contributed by atoms with Crippen LogP contribution in [0.25, 0.3) is 0 Å². The summed E-state index contributed by atoms with van der Waals surface area (Å²) >= 11 is 0. The molecule has 3 rings (SSSR count). The molecular formula is C20H22N2O5. The molecule has 0 spiro atoms. The van der Waals surface area contributed by atoms with Crippen molar-refractivity contribution in [3.63, 3.8) is 0 Å². The van der Waals surface area contributed by atoms with Crippen molar-refractivity contribution in [2.75, 3.05) is 13.7 Å². The van der Waals surface area contributed by atoms with Crippen LogP contribution in [0.5, 0.6) is 5.75 Å². The Morgan fingerprint density at radius 3 is 2.59 bits per heavy atom. The molecule has 0 saturated heterocycles. The van der Waals surface area contributed by atoms with E-state index in [1.54, 1.807) is 39.4 Å². The van der Waals surface area contributed by atoms with Gasteiger partial charge in [-0.25, -0.2) is 5.01 Å². The van der Waals surface area contributed by atoms with Crippen LogP contribution in [0.4, 0.5) is 0 Å². The summed E-state index contributed by atoms with van der Waals surface area (Å²) in [4.78, 5) is 24.3. The lowest BCUT2D eigenvalue weighted by Gasteiger charge is -2.19. The van der Waals surface area contributed by atoms with Gasteiger partial charge in [0.1, 0.15) is 17.6 Å². The van der Waals surface area contributed by atoms with Crippen LogP contribution in [-0.2, 0) is 14.3 Å². The van der Waals surface area contributed by atoms with E-state index in [9.17, 15) is 9.59 Å². The normalized spacial score (nSPS) is 16.4. The fourth-order valence-electron chi connectivity index (χ4n) is 2.77. The molecular weight excluding hydrogens is 348 g/mol. The molecule has 2 heterocycles. The molecule has 1 aliphatic heterocycles. The highest BCUT2D eigenvalue weighted by atomic mass is 16.5. The van der Waals surface area contributed by atoms with Crippen molar-refractivity contribution in [2.24, 2.45) is 11.0 Å². The molecule has 0 fully saturated rings. The van der Waals surface area contributed by atoms with Crippen LogP contribution in [-0.4, -0.2) is 36.3 Å². The summed E-state index contributed by atoms with van der Waals surface area (Å²) in [5.74, 6) is 0.264. The zero-order valence-corrected chi connectivity index (χ0v) is 15.5. The van der Waals surface area contributed by atoms with E-state index < -0.39 is 11.9 Å². The average Bonchev–Trinajstić information content (AvgIpc) is 3.35. The van der Waals surface area contributed by atoms with E-state index in [1.807, 2.05) is 24.3 Å². The first-order chi connectivity index (χ1) is 13.0. The van der Waals surface area contributed by atoms with Gasteiger partial charge in [-0.15, -0.1) is 0 Å². The molecule has 1 aromatic carbocycles. The fraction of sp³-hybridized carbons (Fsp3) is 0.350. The summed E-state index contributed by atoms with van der Waals surface area (Å²) in [5.41, 5.74) is 1.64. The number of rotatable bonds is 6. The Bertz CT molecular complexity index is 825. The summed E-state index contributed by atoms with van der Waals surface area (Å²) in [5, 5.41) is 5.82. The smallest absolute Gasteiger partial charge is 0.308 e. The fourth-order valence-corrected chi connectivity index (χ4v) is 2.77. The number of hydrazone groups is 1. The highest BCUT2D eigenvalue weighted by molar-refractivity contribution is 6.03. The van der Waals surface area contributed by atoms with Gasteiger partial charge < -0.3 is 13.9 Å². The molecule has 0 bridgehead atoms. The van der Waals surface area contributed by atoms with Crippen molar-refractivity contribution in [3.05, 3.63) is 54.0 Å². The SMILES string of the molecule is COc1ccc(C2=NN(C(=O)COC(=O)C(C)C)[C@@H](c3ccco3)C2)cc1. The molecule has 0 radical (unpaired) electrons. The highest BCUT2D eigenvalue weighted by Crippen LogP contribution is 2.33. The number of ether oxygens (including phenoxy) is 2. The van der Waals surface area contributed by atoms with Crippen LogP contribution in [0.1, 0.15) is 37.6 Å². The molecule has 1 atom stereocenters. The second kappa shape index (κ2) is 8.07. The maximum absolute atomic E-state index is 12.6. The van der Waals surface area contributed by atoms with Gasteiger partial charge in [-0.05, 0) is 42.0 Å². The number of hydrogen-bond acceptors (Lipinski definition) is 6. The van der Waals surface area contributed by atoms with Gasteiger partial charge in [-0.2, -0.15) is 5.10 Å². The van der Waals surface area contributed by atoms with Crippen LogP contribution in [0.2, 0.25) is 0 Å². The third kappa shape index (κ3) is 4.19. The molecule has 0 N–H and O–H groups in total. The van der Waals surface area contributed by atoms with Gasteiger partial charge in [0, 0.05) is 6.42 Å². The zero-order chi connectivity index (χ0) is 19.4. The number of benzene rings is 1. The second-order valence-corrected chi connectivity index (χ2v) is 6.51. The van der Waals surface area contributed by atoms with E-state index in [0.717, 1.165) is 17.0 Å². The van der Waals surface area contributed by atoms with E-state index in [4.69, 9.17) is 13.9 Å². The van der Waals surface area contributed by atoms with Crippen molar-refractivity contribution in [1.82, 2.24) is 5.01 Å². The van der Waals surface area contributed by atoms with Crippen molar-refractivity contribution in [1.29, 1.82) is 0 Å². The summed E-state index contributed by atoms with van der Waals surface area (Å²) in [6.07, 6.45) is 2.06. The zero-order valence-electron chi connectivity index (χ0n) is 15.5. The number of esters is 1. The van der Waals surface area contributed by atoms with Gasteiger partial charge in [-0.1, -0.05) is 13.8 Å². The summed E-state index contributed by atoms with van der Waals surface area (Å²) in [6.45, 7) is 3.08. The number of methoxy groups -OCH3 is 1. The number of furan rings is 1. The third-order valence-corrected chi connectivity index (χ3v) is 4.27. The molecule has 1 aromatic heterocycles. The van der Waals surface area contributed by atoms with Gasteiger partial charge in [0.05, 0.1) is 25.0 Å². The predicted octanol–water partition coefficient (Wildman–Crippen LogP) is 3.17. The molecule has 0 saturated carbocycles. The lowest BCUT2D eigenvalue weighted by atomic mass is 10.0. The molecule has 142 valence electrons. The van der Waals surface area contributed by atoms with Gasteiger partial charge in [-0.3, -0.25) is 9.59 Å². The van der Waals surface area contributed by atoms with Crippen LogP contribution < -0.4 is 4.74 Å². The van der Waals surface area contributed by atoms with Crippen molar-refractivity contribution in [2.45, 2.75) is 26.3 Å². The second-order valence-electron chi connectivity index (χ2n) is 6.51.